The Labute approximate surface area is 319 Å². The Bertz CT molecular complexity index is 3320. The molecule has 55 heavy (non-hydrogen) atoms. The number of rotatable bonds is 5. The summed E-state index contributed by atoms with van der Waals surface area (Å²) in [6, 6.07) is 72.9. The van der Waals surface area contributed by atoms with E-state index in [-0.39, 0.29) is 0 Å². The van der Waals surface area contributed by atoms with Crippen molar-refractivity contribution in [2.45, 2.75) is 0 Å². The molecular weight excluding hydrogens is 684 g/mol. The summed E-state index contributed by atoms with van der Waals surface area (Å²) in [7, 11) is 0. The molecule has 9 aromatic carbocycles. The Hall–Kier alpha value is -6.73. The molecule has 0 amide bonds. The van der Waals surface area contributed by atoms with Gasteiger partial charge < -0.3 is 0 Å². The van der Waals surface area contributed by atoms with E-state index in [2.05, 4.69) is 205 Å². The number of nitrogens with zero attached hydrogens (tertiary/aromatic N) is 2. The summed E-state index contributed by atoms with van der Waals surface area (Å²) in [5.41, 5.74) is 9.03. The molecule has 1 atom stereocenters. The number of aromatic nitrogens is 2. The molecule has 11 aromatic rings. The third-order valence-corrected chi connectivity index (χ3v) is 15.0. The quantitative estimate of drug-likeness (QED) is 0.128. The van der Waals surface area contributed by atoms with Crippen molar-refractivity contribution in [1.29, 1.82) is 0 Å². The van der Waals surface area contributed by atoms with Gasteiger partial charge in [0.1, 0.15) is 5.65 Å². The predicted octanol–water partition coefficient (Wildman–Crippen LogP) is 12.2. The van der Waals surface area contributed by atoms with Gasteiger partial charge in [-0.15, -0.1) is 0 Å². The Morgan fingerprint density at radius 1 is 0.382 bits per heavy atom. The number of para-hydroxylation sites is 2. The second kappa shape index (κ2) is 12.4. The molecule has 258 valence electrons. The Kier molecular flexibility index (Phi) is 7.17. The van der Waals surface area contributed by atoms with Gasteiger partial charge in [-0.1, -0.05) is 182 Å². The van der Waals surface area contributed by atoms with E-state index in [4.69, 9.17) is 11.3 Å². The van der Waals surface area contributed by atoms with Crippen molar-refractivity contribution in [2.75, 3.05) is 0 Å². The molecule has 2 nitrogen and oxygen atoms in total. The highest BCUT2D eigenvalue weighted by atomic mass is 31.2. The molecule has 0 radical (unpaired) electrons. The molecule has 1 unspecified atom stereocenters. The van der Waals surface area contributed by atoms with E-state index >= 15 is 0 Å². The van der Waals surface area contributed by atoms with Crippen molar-refractivity contribution in [3.05, 3.63) is 200 Å². The Morgan fingerprint density at radius 2 is 0.945 bits per heavy atom. The van der Waals surface area contributed by atoms with Crippen molar-refractivity contribution >= 4 is 89.0 Å². The van der Waals surface area contributed by atoms with Gasteiger partial charge >= 0.3 is 0 Å². The van der Waals surface area contributed by atoms with Gasteiger partial charge in [-0.2, -0.15) is 0 Å². The number of imidazole rings is 1. The summed E-state index contributed by atoms with van der Waals surface area (Å²) in [5.74, 6) is 0. The van der Waals surface area contributed by atoms with Crippen LogP contribution in [0, 0.1) is 0 Å². The van der Waals surface area contributed by atoms with Crippen LogP contribution in [0.4, 0.5) is 0 Å². The minimum absolute atomic E-state index is 0.998. The van der Waals surface area contributed by atoms with E-state index in [0.29, 0.717) is 0 Å². The maximum Gasteiger partial charge on any atom is 0.147 e. The standard InChI is InChI=1S/C52H35N2P/c1-55(42-14-3-2-4-15-42,44-30-25-35-11-5-6-13-40(35)33-44)43-28-23-37(24-29-43)36-19-21-38(22-20-36)41-27-31-46-47-32-26-39-12-7-8-16-45(39)51(47)52-53-48-17-9-10-18-49(48)54(52)50(46)34-41/h2-34H,1H2. The molecule has 11 rings (SSSR count). The number of hydrogen-bond acceptors (Lipinski definition) is 1. The zero-order valence-corrected chi connectivity index (χ0v) is 31.0. The van der Waals surface area contributed by atoms with E-state index in [1.807, 2.05) is 0 Å². The van der Waals surface area contributed by atoms with E-state index in [0.717, 1.165) is 22.2 Å². The van der Waals surface area contributed by atoms with Crippen molar-refractivity contribution in [3.8, 4) is 22.3 Å². The van der Waals surface area contributed by atoms with Crippen LogP contribution in [-0.2, 0) is 0 Å². The number of fused-ring (bicyclic) bond motifs is 11. The molecule has 0 aliphatic rings. The summed E-state index contributed by atoms with van der Waals surface area (Å²) in [6.07, 6.45) is 5.02. The van der Waals surface area contributed by atoms with E-state index in [1.165, 1.54) is 75.9 Å². The van der Waals surface area contributed by atoms with Crippen LogP contribution in [0.1, 0.15) is 0 Å². The second-order valence-electron chi connectivity index (χ2n) is 14.5. The zero-order chi connectivity index (χ0) is 36.5. The van der Waals surface area contributed by atoms with Gasteiger partial charge in [0.25, 0.3) is 0 Å². The average molecular weight is 719 g/mol. The molecule has 0 aliphatic heterocycles. The zero-order valence-electron chi connectivity index (χ0n) is 30.1. The first kappa shape index (κ1) is 31.8. The van der Waals surface area contributed by atoms with Gasteiger partial charge in [0, 0.05) is 10.8 Å². The molecule has 2 heterocycles. The van der Waals surface area contributed by atoms with Gasteiger partial charge in [0.05, 0.1) is 16.6 Å². The Balaban J connectivity index is 0.988. The first-order valence-corrected chi connectivity index (χ1v) is 20.8. The minimum atomic E-state index is -2.12. The van der Waals surface area contributed by atoms with Crippen molar-refractivity contribution < 1.29 is 0 Å². The summed E-state index contributed by atoms with van der Waals surface area (Å²) >= 11 is 0. The topological polar surface area (TPSA) is 17.3 Å². The van der Waals surface area contributed by atoms with E-state index in [9.17, 15) is 0 Å². The van der Waals surface area contributed by atoms with Crippen LogP contribution in [-0.4, -0.2) is 15.7 Å². The minimum Gasteiger partial charge on any atom is -0.292 e. The Morgan fingerprint density at radius 3 is 1.75 bits per heavy atom. The fourth-order valence-electron chi connectivity index (χ4n) is 8.61. The second-order valence-corrected chi connectivity index (χ2v) is 17.7. The lowest BCUT2D eigenvalue weighted by Crippen LogP contribution is -2.25. The van der Waals surface area contributed by atoms with E-state index < -0.39 is 6.89 Å². The molecule has 0 saturated heterocycles. The van der Waals surface area contributed by atoms with Crippen LogP contribution >= 0.6 is 6.89 Å². The van der Waals surface area contributed by atoms with Crippen molar-refractivity contribution in [1.82, 2.24) is 9.38 Å². The van der Waals surface area contributed by atoms with Crippen LogP contribution in [0.2, 0.25) is 0 Å². The van der Waals surface area contributed by atoms with Gasteiger partial charge in [-0.05, 0) is 96.3 Å². The van der Waals surface area contributed by atoms with Gasteiger partial charge in [-0.25, -0.2) is 4.98 Å². The molecule has 0 spiro atoms. The van der Waals surface area contributed by atoms with Crippen LogP contribution < -0.4 is 15.9 Å². The fraction of sp³-hybridized carbons (Fsp3) is 0. The normalized spacial score (nSPS) is 12.9. The molecule has 0 fully saturated rings. The van der Waals surface area contributed by atoms with Crippen LogP contribution in [0.5, 0.6) is 0 Å². The maximum absolute atomic E-state index is 5.22. The molecule has 0 saturated carbocycles. The smallest absolute Gasteiger partial charge is 0.147 e. The first-order chi connectivity index (χ1) is 27.1. The summed E-state index contributed by atoms with van der Waals surface area (Å²) in [5, 5.41) is 12.4. The van der Waals surface area contributed by atoms with Crippen molar-refractivity contribution in [2.24, 2.45) is 0 Å². The monoisotopic (exact) mass is 718 g/mol. The van der Waals surface area contributed by atoms with Crippen LogP contribution in [0.3, 0.4) is 0 Å². The van der Waals surface area contributed by atoms with Crippen LogP contribution in [0.15, 0.2) is 200 Å². The van der Waals surface area contributed by atoms with Crippen LogP contribution in [0.25, 0.3) is 82.2 Å². The maximum atomic E-state index is 5.22. The number of benzene rings is 9. The molecule has 2 aromatic heterocycles. The predicted molar refractivity (Wildman–Crippen MR) is 239 cm³/mol. The van der Waals surface area contributed by atoms with Crippen molar-refractivity contribution in [3.63, 3.8) is 0 Å². The van der Waals surface area contributed by atoms with Gasteiger partial charge in [-0.3, -0.25) is 4.40 Å². The molecule has 0 aliphatic carbocycles. The highest BCUT2D eigenvalue weighted by Gasteiger charge is 2.23. The lowest BCUT2D eigenvalue weighted by atomic mass is 9.96. The SMILES string of the molecule is C=P(c1ccccc1)(c1ccc(-c2ccc(-c3ccc4c5ccc6ccccc6c5c5nc6ccccc6n5c4c3)cc2)cc1)c1ccc2ccccc2c1. The first-order valence-electron chi connectivity index (χ1n) is 18.8. The summed E-state index contributed by atoms with van der Waals surface area (Å²) in [4.78, 5) is 5.22. The number of pyridine rings is 1. The third-order valence-electron chi connectivity index (χ3n) is 11.5. The molecular formula is C52H35N2P. The fourth-order valence-corrected chi connectivity index (χ4v) is 11.5. The highest BCUT2D eigenvalue weighted by Crippen LogP contribution is 2.43. The largest absolute Gasteiger partial charge is 0.292 e. The highest BCUT2D eigenvalue weighted by molar-refractivity contribution is 7.93. The summed E-state index contributed by atoms with van der Waals surface area (Å²) in [6.45, 7) is -2.12. The lowest BCUT2D eigenvalue weighted by Gasteiger charge is -2.27. The lowest BCUT2D eigenvalue weighted by molar-refractivity contribution is 1.32. The molecule has 0 bridgehead atoms. The average Bonchev–Trinajstić information content (AvgIpc) is 3.66. The van der Waals surface area contributed by atoms with Gasteiger partial charge in [0.2, 0.25) is 0 Å². The van der Waals surface area contributed by atoms with Gasteiger partial charge in [0.15, 0.2) is 0 Å². The molecule has 3 heteroatoms. The molecule has 0 N–H and O–H groups in total. The van der Waals surface area contributed by atoms with E-state index in [1.54, 1.807) is 0 Å². The number of hydrogen-bond donors (Lipinski definition) is 0. The third kappa shape index (κ3) is 4.99. The summed E-state index contributed by atoms with van der Waals surface area (Å²) < 4.78 is 2.36.